The Morgan fingerprint density at radius 3 is 2.71 bits per heavy atom. The van der Waals surface area contributed by atoms with Gasteiger partial charge in [0.2, 0.25) is 11.2 Å². The minimum Gasteiger partial charge on any atom is -0.343 e. The van der Waals surface area contributed by atoms with Gasteiger partial charge in [-0.25, -0.2) is 9.97 Å². The average Bonchev–Trinajstić information content (AvgIpc) is 2.82. The van der Waals surface area contributed by atoms with Crippen molar-refractivity contribution in [2.45, 2.75) is 26.3 Å². The van der Waals surface area contributed by atoms with E-state index in [0.29, 0.717) is 16.7 Å². The second-order valence-corrected chi connectivity index (χ2v) is 6.00. The molecule has 1 amide bonds. The summed E-state index contributed by atoms with van der Waals surface area (Å²) in [6.07, 6.45) is 3.68. The number of fused-ring (bicyclic) bond motifs is 1. The molecule has 0 N–H and O–H groups in total. The first kappa shape index (κ1) is 14.5. The second kappa shape index (κ2) is 5.77. The van der Waals surface area contributed by atoms with Gasteiger partial charge in [0.1, 0.15) is 5.52 Å². The molecule has 0 saturated carbocycles. The first-order valence-electron chi connectivity index (χ1n) is 6.84. The molecule has 8 heteroatoms. The number of rotatable bonds is 2. The van der Waals surface area contributed by atoms with E-state index in [2.05, 4.69) is 15.0 Å². The van der Waals surface area contributed by atoms with E-state index in [9.17, 15) is 4.79 Å². The number of nitrogens with zero attached hydrogens (tertiary/aromatic N) is 5. The van der Waals surface area contributed by atoms with Crippen molar-refractivity contribution in [1.82, 2.24) is 24.4 Å². The summed E-state index contributed by atoms with van der Waals surface area (Å²) in [4.78, 5) is 25.5. The van der Waals surface area contributed by atoms with Crippen molar-refractivity contribution in [2.24, 2.45) is 5.92 Å². The van der Waals surface area contributed by atoms with Crippen LogP contribution in [0.1, 0.15) is 19.8 Å². The highest BCUT2D eigenvalue weighted by Crippen LogP contribution is 2.25. The summed E-state index contributed by atoms with van der Waals surface area (Å²) >= 11 is 11.9. The van der Waals surface area contributed by atoms with Crippen molar-refractivity contribution in [2.75, 3.05) is 13.1 Å². The summed E-state index contributed by atoms with van der Waals surface area (Å²) in [5.41, 5.74) is 1.23. The van der Waals surface area contributed by atoms with E-state index in [1.165, 1.54) is 0 Å². The number of carbonyl (C=O) groups excluding carboxylic acids is 1. The van der Waals surface area contributed by atoms with E-state index in [4.69, 9.17) is 23.2 Å². The van der Waals surface area contributed by atoms with Crippen molar-refractivity contribution >= 4 is 40.3 Å². The molecule has 0 unspecified atom stereocenters. The van der Waals surface area contributed by atoms with Gasteiger partial charge in [-0.2, -0.15) is 4.98 Å². The molecule has 2 aromatic rings. The van der Waals surface area contributed by atoms with Crippen molar-refractivity contribution in [3.63, 3.8) is 0 Å². The normalized spacial score (nSPS) is 16.6. The maximum atomic E-state index is 11.3. The zero-order valence-corrected chi connectivity index (χ0v) is 13.1. The van der Waals surface area contributed by atoms with Crippen LogP contribution >= 0.6 is 23.2 Å². The minimum atomic E-state index is 0.104. The molecule has 3 rings (SSSR count). The highest BCUT2D eigenvalue weighted by Gasteiger charge is 2.22. The van der Waals surface area contributed by atoms with Crippen LogP contribution in [0.3, 0.4) is 0 Å². The zero-order valence-electron chi connectivity index (χ0n) is 11.6. The van der Waals surface area contributed by atoms with Crippen LogP contribution in [0, 0.1) is 5.92 Å². The molecule has 21 heavy (non-hydrogen) atoms. The van der Waals surface area contributed by atoms with Gasteiger partial charge in [0, 0.05) is 26.6 Å². The Bertz CT molecular complexity index is 678. The van der Waals surface area contributed by atoms with Gasteiger partial charge in [-0.15, -0.1) is 0 Å². The Morgan fingerprint density at radius 2 is 2.05 bits per heavy atom. The maximum absolute atomic E-state index is 11.3. The molecular formula is C13H15Cl2N5O. The Kier molecular flexibility index (Phi) is 3.99. The molecule has 1 aliphatic heterocycles. The van der Waals surface area contributed by atoms with Gasteiger partial charge in [0.25, 0.3) is 0 Å². The number of halogens is 2. The predicted molar refractivity (Wildman–Crippen MR) is 80.3 cm³/mol. The van der Waals surface area contributed by atoms with Crippen molar-refractivity contribution in [3.05, 3.63) is 16.8 Å². The monoisotopic (exact) mass is 327 g/mol. The number of piperidine rings is 1. The first-order chi connectivity index (χ1) is 10.0. The third-order valence-corrected chi connectivity index (χ3v) is 4.35. The number of aromatic nitrogens is 4. The van der Waals surface area contributed by atoms with Gasteiger partial charge < -0.3 is 9.47 Å². The lowest BCUT2D eigenvalue weighted by molar-refractivity contribution is -0.130. The van der Waals surface area contributed by atoms with Crippen LogP contribution in [0.5, 0.6) is 0 Å². The van der Waals surface area contributed by atoms with Gasteiger partial charge in [0.05, 0.1) is 6.33 Å². The second-order valence-electron chi connectivity index (χ2n) is 5.30. The Balaban J connectivity index is 1.76. The van der Waals surface area contributed by atoms with E-state index in [-0.39, 0.29) is 11.2 Å². The van der Waals surface area contributed by atoms with Crippen LogP contribution in [-0.2, 0) is 11.3 Å². The van der Waals surface area contributed by atoms with Gasteiger partial charge in [-0.1, -0.05) is 11.6 Å². The SMILES string of the molecule is CC(=O)N1CCC(Cn2cnc3nc(Cl)nc(Cl)c32)CC1. The summed E-state index contributed by atoms with van der Waals surface area (Å²) in [6, 6.07) is 0. The molecular weight excluding hydrogens is 313 g/mol. The molecule has 0 spiro atoms. The molecule has 3 heterocycles. The van der Waals surface area contributed by atoms with Crippen LogP contribution < -0.4 is 0 Å². The lowest BCUT2D eigenvalue weighted by atomic mass is 9.96. The quantitative estimate of drug-likeness (QED) is 0.627. The smallest absolute Gasteiger partial charge is 0.225 e. The molecule has 1 fully saturated rings. The summed E-state index contributed by atoms with van der Waals surface area (Å²) in [6.45, 7) is 4.03. The minimum absolute atomic E-state index is 0.104. The number of hydrogen-bond acceptors (Lipinski definition) is 4. The number of likely N-dealkylation sites (tertiary alicyclic amines) is 1. The molecule has 0 bridgehead atoms. The Labute approximate surface area is 132 Å². The maximum Gasteiger partial charge on any atom is 0.225 e. The highest BCUT2D eigenvalue weighted by molar-refractivity contribution is 6.35. The predicted octanol–water partition coefficient (Wildman–Crippen LogP) is 2.39. The van der Waals surface area contributed by atoms with Crippen molar-refractivity contribution < 1.29 is 4.79 Å². The van der Waals surface area contributed by atoms with E-state index in [1.54, 1.807) is 13.3 Å². The van der Waals surface area contributed by atoms with Crippen LogP contribution in [0.2, 0.25) is 10.4 Å². The van der Waals surface area contributed by atoms with Crippen molar-refractivity contribution in [3.8, 4) is 0 Å². The summed E-state index contributed by atoms with van der Waals surface area (Å²) in [5, 5.41) is 0.427. The van der Waals surface area contributed by atoms with Crippen LogP contribution in [0.15, 0.2) is 6.33 Å². The largest absolute Gasteiger partial charge is 0.343 e. The van der Waals surface area contributed by atoms with Gasteiger partial charge in [-0.05, 0) is 30.4 Å². The molecule has 2 aromatic heterocycles. The first-order valence-corrected chi connectivity index (χ1v) is 7.59. The molecule has 112 valence electrons. The van der Waals surface area contributed by atoms with E-state index < -0.39 is 0 Å². The number of amides is 1. The molecule has 0 aromatic carbocycles. The Hall–Kier alpha value is -1.40. The van der Waals surface area contributed by atoms with Gasteiger partial charge in [-0.3, -0.25) is 4.79 Å². The van der Waals surface area contributed by atoms with Crippen LogP contribution in [0.4, 0.5) is 0 Å². The fraction of sp³-hybridized carbons (Fsp3) is 0.538. The molecule has 0 radical (unpaired) electrons. The number of carbonyl (C=O) groups is 1. The third kappa shape index (κ3) is 2.96. The van der Waals surface area contributed by atoms with Crippen molar-refractivity contribution in [1.29, 1.82) is 0 Å². The molecule has 1 saturated heterocycles. The number of imidazole rings is 1. The molecule has 0 atom stereocenters. The zero-order chi connectivity index (χ0) is 15.0. The fourth-order valence-corrected chi connectivity index (χ4v) is 3.24. The third-order valence-electron chi connectivity index (χ3n) is 3.92. The topological polar surface area (TPSA) is 63.9 Å². The fourth-order valence-electron chi connectivity index (χ4n) is 2.76. The molecule has 6 nitrogen and oxygen atoms in total. The standard InChI is InChI=1S/C13H15Cl2N5O/c1-8(21)19-4-2-9(3-5-19)6-20-7-16-12-10(20)11(14)17-13(15)18-12/h7,9H,2-6H2,1H3. The summed E-state index contributed by atoms with van der Waals surface area (Å²) < 4.78 is 1.97. The van der Waals surface area contributed by atoms with Crippen LogP contribution in [-0.4, -0.2) is 43.4 Å². The van der Waals surface area contributed by atoms with Crippen LogP contribution in [0.25, 0.3) is 11.2 Å². The molecule has 1 aliphatic rings. The summed E-state index contributed by atoms with van der Waals surface area (Å²) in [7, 11) is 0. The number of hydrogen-bond donors (Lipinski definition) is 0. The van der Waals surface area contributed by atoms with E-state index in [1.807, 2.05) is 9.47 Å². The van der Waals surface area contributed by atoms with Gasteiger partial charge in [0.15, 0.2) is 10.8 Å². The van der Waals surface area contributed by atoms with E-state index >= 15 is 0 Å². The van der Waals surface area contributed by atoms with Gasteiger partial charge >= 0.3 is 0 Å². The lowest BCUT2D eigenvalue weighted by Crippen LogP contribution is -2.37. The lowest BCUT2D eigenvalue weighted by Gasteiger charge is -2.31. The Morgan fingerprint density at radius 1 is 1.33 bits per heavy atom. The van der Waals surface area contributed by atoms with E-state index in [0.717, 1.165) is 38.0 Å². The molecule has 0 aliphatic carbocycles. The highest BCUT2D eigenvalue weighted by atomic mass is 35.5. The average molecular weight is 328 g/mol. The summed E-state index contributed by atoms with van der Waals surface area (Å²) in [5.74, 6) is 0.636.